The molecule has 0 aliphatic rings. The number of aromatic nitrogens is 4. The maximum Gasteiger partial charge on any atom is 1.00 e. The molecule has 6 aromatic rings. The van der Waals surface area contributed by atoms with Crippen molar-refractivity contribution in [3.63, 3.8) is 0 Å². The quantitative estimate of drug-likeness (QED) is 0.0160. The molecule has 1 N–H and O–H groups in total. The first-order valence-electron chi connectivity index (χ1n) is 25.6. The first kappa shape index (κ1) is 83.8. The molecule has 0 saturated heterocycles. The topological polar surface area (TPSA) is 252 Å². The maximum absolute atomic E-state index is 12.8. The van der Waals surface area contributed by atoms with Crippen LogP contribution in [-0.4, -0.2) is 68.3 Å². The SMILES string of the molecule is C.CC#N.CCCCC(O)c1nnc(-c2ccc(C(F)(F)F)cc2)o1.CCCCC(OCc1ccc(OC(C)(C)C(=O)OCC)cc1)c1nnc(-c2ccc(C(F)(F)F)cc2)o1.CCOC(=O)C(C)(C)Oc1ccc(CBr)cc1.O=CO[O-].[Cs+].[Cs+].[H-]. The Morgan fingerprint density at radius 2 is 1.04 bits per heavy atom. The molecule has 0 aliphatic heterocycles. The minimum absolute atomic E-state index is 0. The van der Waals surface area contributed by atoms with Crippen LogP contribution in [0.1, 0.15) is 156 Å². The van der Waals surface area contributed by atoms with Gasteiger partial charge in [-0.05, 0) is 138 Å². The van der Waals surface area contributed by atoms with Crippen LogP contribution in [0.15, 0.2) is 106 Å². The molecule has 0 radical (unpaired) electrons. The number of halogens is 7. The van der Waals surface area contributed by atoms with Crippen LogP contribution in [0.4, 0.5) is 26.3 Å². The van der Waals surface area contributed by atoms with Crippen molar-refractivity contribution >= 4 is 34.3 Å². The van der Waals surface area contributed by atoms with E-state index in [1.807, 2.05) is 43.3 Å². The number of benzene rings is 4. The number of aliphatic hydroxyl groups excluding tert-OH is 1. The molecule has 0 saturated carbocycles. The smallest absolute Gasteiger partial charge is 1.00 e. The zero-order valence-corrected chi connectivity index (χ0v) is 62.9. The van der Waals surface area contributed by atoms with Gasteiger partial charge in [0, 0.05) is 23.4 Å². The molecule has 0 amide bonds. The number of nitrogens with zero attached hydrogens (tertiary/aromatic N) is 5. The molecule has 458 valence electrons. The summed E-state index contributed by atoms with van der Waals surface area (Å²) < 4.78 is 114. The predicted octanol–water partition coefficient (Wildman–Crippen LogP) is 7.93. The van der Waals surface area contributed by atoms with Gasteiger partial charge < -0.3 is 49.2 Å². The van der Waals surface area contributed by atoms with Crippen LogP contribution < -0.4 is 153 Å². The van der Waals surface area contributed by atoms with Crippen LogP contribution in [-0.2, 0) is 57.8 Å². The number of rotatable bonds is 23. The third-order valence-corrected chi connectivity index (χ3v) is 11.4. The van der Waals surface area contributed by atoms with Crippen molar-refractivity contribution in [1.29, 1.82) is 5.26 Å². The second kappa shape index (κ2) is 43.4. The summed E-state index contributed by atoms with van der Waals surface area (Å²) in [4.78, 5) is 34.9. The van der Waals surface area contributed by atoms with Crippen molar-refractivity contribution in [3.8, 4) is 40.5 Å². The van der Waals surface area contributed by atoms with Gasteiger partial charge in [0.05, 0.1) is 37.0 Å². The maximum atomic E-state index is 12.8. The Hall–Kier alpha value is -3.30. The number of carbonyl (C=O) groups excluding carboxylic acids is 3. The van der Waals surface area contributed by atoms with Crippen LogP contribution in [0.25, 0.3) is 22.9 Å². The fourth-order valence-electron chi connectivity index (χ4n) is 6.54. The molecule has 2 atom stereocenters. The number of hydrogen-bond donors (Lipinski definition) is 1. The first-order chi connectivity index (χ1) is 38.8. The van der Waals surface area contributed by atoms with Crippen LogP contribution in [0.5, 0.6) is 11.5 Å². The van der Waals surface area contributed by atoms with Crippen LogP contribution in [0.3, 0.4) is 0 Å². The van der Waals surface area contributed by atoms with Gasteiger partial charge >= 0.3 is 162 Å². The van der Waals surface area contributed by atoms with E-state index in [4.69, 9.17) is 47.8 Å². The summed E-state index contributed by atoms with van der Waals surface area (Å²) in [5.74, 6) is 0.933. The molecule has 2 aromatic heterocycles. The van der Waals surface area contributed by atoms with Crippen molar-refractivity contribution in [2.75, 3.05) is 13.2 Å². The van der Waals surface area contributed by atoms with E-state index in [-0.39, 0.29) is 196 Å². The molecule has 0 bridgehead atoms. The standard InChI is InChI=1S/C27H31F3N2O5.C14H15F3N2O2.C13H17BrO3.C2H3N.CH2O3.CH4.2Cs.H/c1-5-7-8-22(24-32-31-23(36-24)19-11-13-20(14-12-19)27(28,29)30)35-17-18-9-15-21(16-10-18)37-26(3,4)25(33)34-6-2;1-2-3-4-11(20)13-19-18-12(21-13)9-5-7-10(8-6-9)14(15,16)17;1-4-16-12(15)13(2,3)17-11-7-5-10(9-14)6-8-11;1-2-3;2-1-4-3;;;;/h9-16,22H,5-8,17H2,1-4H3;5-8,11,20H,2-4H2,1H3;5-8H,4,9H2,1-3H3;1H3;1,3H;1H4;;;/q;;;;;;2*+1;-1/p-1. The number of aliphatic hydroxyl groups is 1. The fourth-order valence-corrected chi connectivity index (χ4v) is 6.91. The Balaban J connectivity index is -0.00000120. The average molecular weight is 1510 g/mol. The Morgan fingerprint density at radius 1 is 0.671 bits per heavy atom. The van der Waals surface area contributed by atoms with Crippen molar-refractivity contribution < 1.29 is 228 Å². The van der Waals surface area contributed by atoms with E-state index in [0.717, 1.165) is 66.4 Å². The number of nitriles is 1. The van der Waals surface area contributed by atoms with Gasteiger partial charge in [-0.25, -0.2) is 9.59 Å². The van der Waals surface area contributed by atoms with Crippen molar-refractivity contribution in [2.24, 2.45) is 0 Å². The summed E-state index contributed by atoms with van der Waals surface area (Å²) in [6, 6.07) is 25.5. The normalized spacial score (nSPS) is 11.4. The van der Waals surface area contributed by atoms with Gasteiger partial charge in [-0.3, -0.25) is 4.79 Å². The summed E-state index contributed by atoms with van der Waals surface area (Å²) in [6.07, 6.45) is -5.44. The largest absolute Gasteiger partial charge is 1.00 e. The molecule has 0 aliphatic carbocycles. The first-order valence-corrected chi connectivity index (χ1v) is 26.7. The Bertz CT molecular complexity index is 2840. The van der Waals surface area contributed by atoms with Crippen molar-refractivity contribution in [2.45, 2.75) is 156 Å². The van der Waals surface area contributed by atoms with E-state index in [2.05, 4.69) is 48.1 Å². The van der Waals surface area contributed by atoms with Gasteiger partial charge in [-0.2, -0.15) is 31.6 Å². The summed E-state index contributed by atoms with van der Waals surface area (Å²) in [5.41, 5.74) is -0.785. The minimum atomic E-state index is -4.42. The molecule has 2 unspecified atom stereocenters. The van der Waals surface area contributed by atoms with E-state index >= 15 is 0 Å². The van der Waals surface area contributed by atoms with Gasteiger partial charge in [0.1, 0.15) is 23.7 Å². The zero-order valence-electron chi connectivity index (χ0n) is 49.8. The molecule has 2 heterocycles. The van der Waals surface area contributed by atoms with Gasteiger partial charge in [0.15, 0.2) is 11.2 Å². The van der Waals surface area contributed by atoms with Crippen LogP contribution in [0.2, 0.25) is 0 Å². The van der Waals surface area contributed by atoms with Crippen LogP contribution in [0, 0.1) is 11.3 Å². The summed E-state index contributed by atoms with van der Waals surface area (Å²) >= 11 is 3.37. The zero-order chi connectivity index (χ0) is 61.5. The average Bonchev–Trinajstić information content (AvgIpc) is 4.31. The predicted molar refractivity (Wildman–Crippen MR) is 295 cm³/mol. The monoisotopic (exact) mass is 1510 g/mol. The van der Waals surface area contributed by atoms with E-state index in [1.54, 1.807) is 59.7 Å². The molecule has 0 fully saturated rings. The van der Waals surface area contributed by atoms with Crippen molar-refractivity contribution in [1.82, 2.24) is 20.4 Å². The molecule has 6 rings (SSSR count). The number of unbranched alkanes of at least 4 members (excludes halogenated alkanes) is 2. The number of hydrogen-bond acceptors (Lipinski definition) is 18. The van der Waals surface area contributed by atoms with E-state index in [9.17, 15) is 41.0 Å². The molecule has 27 heteroatoms. The van der Waals surface area contributed by atoms with Crippen molar-refractivity contribution in [3.05, 3.63) is 131 Å². The van der Waals surface area contributed by atoms with Crippen LogP contribution >= 0.6 is 15.9 Å². The second-order valence-electron chi connectivity index (χ2n) is 18.1. The van der Waals surface area contributed by atoms with Gasteiger partial charge in [-0.1, -0.05) is 87.2 Å². The van der Waals surface area contributed by atoms with E-state index in [1.165, 1.54) is 31.2 Å². The number of alkyl halides is 7. The molecule has 0 spiro atoms. The third kappa shape index (κ3) is 31.1. The van der Waals surface area contributed by atoms with Gasteiger partial charge in [0.25, 0.3) is 6.47 Å². The summed E-state index contributed by atoms with van der Waals surface area (Å²) in [5, 5.41) is 41.9. The number of ether oxygens (including phenoxy) is 5. The Labute approximate surface area is 619 Å². The van der Waals surface area contributed by atoms with E-state index in [0.29, 0.717) is 42.1 Å². The Morgan fingerprint density at radius 3 is 1.39 bits per heavy atom. The minimum Gasteiger partial charge on any atom is -1.00 e. The number of carbonyl (C=O) groups is 3. The summed E-state index contributed by atoms with van der Waals surface area (Å²) in [6.45, 7) is 16.4. The Kier molecular flexibility index (Phi) is 42.8. The van der Waals surface area contributed by atoms with Gasteiger partial charge in [-0.15, -0.1) is 20.4 Å². The molecule has 18 nitrogen and oxygen atoms in total. The third-order valence-electron chi connectivity index (χ3n) is 10.8. The van der Waals surface area contributed by atoms with E-state index < -0.39 is 52.9 Å². The van der Waals surface area contributed by atoms with Gasteiger partial charge in [0.2, 0.25) is 23.6 Å². The molecule has 85 heavy (non-hydrogen) atoms. The second-order valence-corrected chi connectivity index (χ2v) is 18.7. The summed E-state index contributed by atoms with van der Waals surface area (Å²) in [7, 11) is 0. The number of esters is 2. The fraction of sp³-hybridized carbons (Fsp3) is 0.448. The molecular formula is C58H72BrCs2F6N5O13. The molecular weight excluding hydrogens is 1430 g/mol. The molecule has 4 aromatic carbocycles.